The number of benzene rings is 8. The van der Waals surface area contributed by atoms with Crippen LogP contribution >= 0.6 is 0 Å². The zero-order chi connectivity index (χ0) is 34.1. The van der Waals surface area contributed by atoms with Crippen LogP contribution in [0.5, 0.6) is 0 Å². The fourth-order valence-electron chi connectivity index (χ4n) is 8.32. The molecule has 0 fully saturated rings. The lowest BCUT2D eigenvalue weighted by Gasteiger charge is -2.24. The van der Waals surface area contributed by atoms with Gasteiger partial charge >= 0.3 is 0 Å². The SMILES string of the molecule is CC1(C)c2ccccc2-c2cc(C3=NC(c4ccc5c6ccccc6c6ccccc6c5c4)N=C(c4cccc(-c5ccccc5)c4)N3)ccc21. The minimum Gasteiger partial charge on any atom is -0.324 e. The average Bonchev–Trinajstić information content (AvgIpc) is 3.43. The van der Waals surface area contributed by atoms with E-state index < -0.39 is 6.17 Å². The molecule has 0 amide bonds. The van der Waals surface area contributed by atoms with Crippen LogP contribution < -0.4 is 5.32 Å². The van der Waals surface area contributed by atoms with Crippen molar-refractivity contribution in [1.29, 1.82) is 0 Å². The molecule has 0 radical (unpaired) electrons. The van der Waals surface area contributed by atoms with Crippen molar-refractivity contribution in [1.82, 2.24) is 5.32 Å². The number of rotatable bonds is 4. The van der Waals surface area contributed by atoms with Crippen LogP contribution in [0.15, 0.2) is 174 Å². The molecule has 1 aliphatic heterocycles. The highest BCUT2D eigenvalue weighted by Gasteiger charge is 2.35. The smallest absolute Gasteiger partial charge is 0.169 e. The summed E-state index contributed by atoms with van der Waals surface area (Å²) in [6, 6.07) is 59.0. The first-order chi connectivity index (χ1) is 25.0. The largest absolute Gasteiger partial charge is 0.324 e. The predicted molar refractivity (Wildman–Crippen MR) is 214 cm³/mol. The van der Waals surface area contributed by atoms with Gasteiger partial charge in [0.1, 0.15) is 11.7 Å². The van der Waals surface area contributed by atoms with Crippen LogP contribution in [0.1, 0.15) is 47.8 Å². The second kappa shape index (κ2) is 11.4. The van der Waals surface area contributed by atoms with Gasteiger partial charge in [-0.1, -0.05) is 159 Å². The first-order valence-electron chi connectivity index (χ1n) is 17.7. The molecule has 8 aromatic rings. The molecule has 1 atom stereocenters. The molecule has 0 spiro atoms. The number of nitrogens with one attached hydrogen (secondary N) is 1. The first-order valence-corrected chi connectivity index (χ1v) is 17.7. The maximum absolute atomic E-state index is 5.36. The summed E-state index contributed by atoms with van der Waals surface area (Å²) in [6.45, 7) is 4.64. The second-order valence-electron chi connectivity index (χ2n) is 14.2. The standard InChI is InChI=1S/C48H35N3/c1-48(2)43-22-11-10-21-40(43)42-29-34(24-26-44(42)48)47-50-45(32-16-12-15-31(27-32)30-13-4-3-5-14-30)49-46(51-47)33-23-25-39-37-19-7-6-17-35(37)36-18-8-9-20-38(36)41(39)28-33/h3-29,46H,1-2H3,(H,49,50,51). The van der Waals surface area contributed by atoms with E-state index in [9.17, 15) is 0 Å². The average molecular weight is 654 g/mol. The Morgan fingerprint density at radius 2 is 0.961 bits per heavy atom. The summed E-state index contributed by atoms with van der Waals surface area (Å²) < 4.78 is 0. The van der Waals surface area contributed by atoms with Crippen LogP contribution in [0, 0.1) is 0 Å². The molecule has 0 saturated carbocycles. The minimum absolute atomic E-state index is 0.0582. The van der Waals surface area contributed by atoms with Crippen molar-refractivity contribution in [3.05, 3.63) is 192 Å². The van der Waals surface area contributed by atoms with Gasteiger partial charge in [0.2, 0.25) is 0 Å². The molecule has 0 aromatic heterocycles. The molecule has 1 aliphatic carbocycles. The van der Waals surface area contributed by atoms with Gasteiger partial charge in [-0.3, -0.25) is 0 Å². The van der Waals surface area contributed by atoms with Crippen LogP contribution in [0.4, 0.5) is 0 Å². The molecule has 3 nitrogen and oxygen atoms in total. The molecule has 0 saturated heterocycles. The highest BCUT2D eigenvalue weighted by molar-refractivity contribution is 6.25. The van der Waals surface area contributed by atoms with Crippen molar-refractivity contribution in [3.8, 4) is 22.3 Å². The number of hydrogen-bond acceptors (Lipinski definition) is 3. The molecule has 3 heteroatoms. The Morgan fingerprint density at radius 3 is 1.69 bits per heavy atom. The second-order valence-corrected chi connectivity index (χ2v) is 14.2. The summed E-state index contributed by atoms with van der Waals surface area (Å²) in [6.07, 6.45) is -0.428. The van der Waals surface area contributed by atoms with E-state index in [1.54, 1.807) is 0 Å². The zero-order valence-corrected chi connectivity index (χ0v) is 28.6. The maximum atomic E-state index is 5.36. The first kappa shape index (κ1) is 29.6. The number of hydrogen-bond donors (Lipinski definition) is 1. The van der Waals surface area contributed by atoms with E-state index in [1.807, 2.05) is 0 Å². The summed E-state index contributed by atoms with van der Waals surface area (Å²) in [5.41, 5.74) is 10.7. The van der Waals surface area contributed by atoms with Crippen molar-refractivity contribution >= 4 is 44.0 Å². The number of fused-ring (bicyclic) bond motifs is 9. The van der Waals surface area contributed by atoms with E-state index in [0.717, 1.165) is 33.9 Å². The topological polar surface area (TPSA) is 36.8 Å². The van der Waals surface area contributed by atoms with Crippen molar-refractivity contribution in [2.45, 2.75) is 25.4 Å². The molecule has 1 heterocycles. The van der Waals surface area contributed by atoms with E-state index in [4.69, 9.17) is 9.98 Å². The van der Waals surface area contributed by atoms with Gasteiger partial charge in [0, 0.05) is 16.5 Å². The molecule has 0 bridgehead atoms. The van der Waals surface area contributed by atoms with E-state index in [1.165, 1.54) is 60.1 Å². The summed E-state index contributed by atoms with van der Waals surface area (Å²) >= 11 is 0. The summed E-state index contributed by atoms with van der Waals surface area (Å²) in [7, 11) is 0. The summed E-state index contributed by atoms with van der Waals surface area (Å²) in [5, 5.41) is 11.2. The van der Waals surface area contributed by atoms with E-state index >= 15 is 0 Å². The molecule has 242 valence electrons. The third-order valence-corrected chi connectivity index (χ3v) is 10.9. The number of nitrogens with zero attached hydrogens (tertiary/aromatic N) is 2. The van der Waals surface area contributed by atoms with Gasteiger partial charge in [0.15, 0.2) is 6.17 Å². The Bertz CT molecular complexity index is 2720. The Hall–Kier alpha value is -6.32. The van der Waals surface area contributed by atoms with Gasteiger partial charge in [-0.05, 0) is 89.5 Å². The quantitative estimate of drug-likeness (QED) is 0.189. The molecule has 1 unspecified atom stereocenters. The van der Waals surface area contributed by atoms with Crippen LogP contribution in [0.2, 0.25) is 0 Å². The lowest BCUT2D eigenvalue weighted by atomic mass is 9.82. The van der Waals surface area contributed by atoms with Crippen molar-refractivity contribution in [2.75, 3.05) is 0 Å². The fraction of sp³-hybridized carbons (Fsp3) is 0.0833. The Kier molecular flexibility index (Phi) is 6.59. The fourth-order valence-corrected chi connectivity index (χ4v) is 8.32. The lowest BCUT2D eigenvalue weighted by Crippen LogP contribution is -2.36. The molecule has 51 heavy (non-hydrogen) atoms. The highest BCUT2D eigenvalue weighted by Crippen LogP contribution is 2.49. The minimum atomic E-state index is -0.428. The van der Waals surface area contributed by atoms with Gasteiger partial charge < -0.3 is 5.32 Å². The number of aliphatic imine (C=N–C) groups is 2. The highest BCUT2D eigenvalue weighted by atomic mass is 15.2. The molecule has 2 aliphatic rings. The van der Waals surface area contributed by atoms with Crippen molar-refractivity contribution in [2.24, 2.45) is 9.98 Å². The van der Waals surface area contributed by atoms with Gasteiger partial charge in [-0.25, -0.2) is 9.98 Å². The van der Waals surface area contributed by atoms with E-state index in [0.29, 0.717) is 0 Å². The Balaban J connectivity index is 1.15. The van der Waals surface area contributed by atoms with Crippen LogP contribution in [0.3, 0.4) is 0 Å². The molecule has 10 rings (SSSR count). The molecule has 1 N–H and O–H groups in total. The Morgan fingerprint density at radius 1 is 0.412 bits per heavy atom. The molecule has 8 aromatic carbocycles. The normalized spacial score (nSPS) is 16.0. The van der Waals surface area contributed by atoms with Crippen LogP contribution in [-0.2, 0) is 5.41 Å². The van der Waals surface area contributed by atoms with Gasteiger partial charge in [0.05, 0.1) is 0 Å². The maximum Gasteiger partial charge on any atom is 0.169 e. The van der Waals surface area contributed by atoms with Gasteiger partial charge in [-0.15, -0.1) is 0 Å². The third kappa shape index (κ3) is 4.73. The van der Waals surface area contributed by atoms with E-state index in [-0.39, 0.29) is 5.41 Å². The number of amidine groups is 2. The Labute approximate surface area is 297 Å². The van der Waals surface area contributed by atoms with Crippen LogP contribution in [-0.4, -0.2) is 11.7 Å². The lowest BCUT2D eigenvalue weighted by molar-refractivity contribution is 0.660. The van der Waals surface area contributed by atoms with E-state index in [2.05, 4.69) is 183 Å². The van der Waals surface area contributed by atoms with Gasteiger partial charge in [-0.2, -0.15) is 0 Å². The summed E-state index contributed by atoms with van der Waals surface area (Å²) in [4.78, 5) is 10.7. The monoisotopic (exact) mass is 653 g/mol. The molecular weight excluding hydrogens is 619 g/mol. The van der Waals surface area contributed by atoms with Crippen LogP contribution in [0.25, 0.3) is 54.6 Å². The zero-order valence-electron chi connectivity index (χ0n) is 28.6. The van der Waals surface area contributed by atoms with Crippen molar-refractivity contribution < 1.29 is 0 Å². The molecular formula is C48H35N3. The van der Waals surface area contributed by atoms with Gasteiger partial charge in [0.25, 0.3) is 0 Å². The predicted octanol–water partition coefficient (Wildman–Crippen LogP) is 11.6. The van der Waals surface area contributed by atoms with Crippen molar-refractivity contribution in [3.63, 3.8) is 0 Å². The third-order valence-electron chi connectivity index (χ3n) is 10.9. The summed E-state index contributed by atoms with van der Waals surface area (Å²) in [5.74, 6) is 1.64.